The minimum absolute atomic E-state index is 0.415. The van der Waals surface area contributed by atoms with Crippen LogP contribution in [0.1, 0.15) is 36.5 Å². The second kappa shape index (κ2) is 8.99. The summed E-state index contributed by atoms with van der Waals surface area (Å²) in [5.41, 5.74) is 10.6. The molecule has 2 N–H and O–H groups in total. The lowest BCUT2D eigenvalue weighted by molar-refractivity contribution is 0.0617. The first-order valence-corrected chi connectivity index (χ1v) is 9.45. The van der Waals surface area contributed by atoms with Crippen LogP contribution in [0, 0.1) is 0 Å². The molecule has 2 heterocycles. The highest BCUT2D eigenvalue weighted by molar-refractivity contribution is 6.02. The number of pyridine rings is 1. The average Bonchev–Trinajstić information content (AvgIpc) is 3.03. The SMILES string of the molecule is COCCOCc1cccnc1/N=C(\N)c1ccc2c(c1)c(C(C)C)cn2C. The number of aliphatic imine (C=N–C) groups is 1. The standard InChI is InChI=1S/C22H28N4O2/c1-15(2)19-13-26(3)20-8-7-16(12-18(19)20)21(23)25-22-17(6-5-9-24-22)14-28-11-10-27-4/h5-9,12-13,15H,10-11,14H2,1-4H3,(H2,23,24,25). The summed E-state index contributed by atoms with van der Waals surface area (Å²) in [6.07, 6.45) is 3.89. The number of rotatable bonds is 8. The van der Waals surface area contributed by atoms with Gasteiger partial charge < -0.3 is 19.8 Å². The van der Waals surface area contributed by atoms with E-state index >= 15 is 0 Å². The first-order chi connectivity index (χ1) is 13.5. The quantitative estimate of drug-likeness (QED) is 0.365. The summed E-state index contributed by atoms with van der Waals surface area (Å²) in [6.45, 7) is 5.88. The van der Waals surface area contributed by atoms with Crippen molar-refractivity contribution < 1.29 is 9.47 Å². The molecule has 0 saturated carbocycles. The maximum absolute atomic E-state index is 6.34. The van der Waals surface area contributed by atoms with E-state index < -0.39 is 0 Å². The average molecular weight is 380 g/mol. The molecule has 0 aliphatic heterocycles. The molecule has 0 aliphatic rings. The van der Waals surface area contributed by atoms with Crippen molar-refractivity contribution >= 4 is 22.6 Å². The van der Waals surface area contributed by atoms with Crippen molar-refractivity contribution in [2.45, 2.75) is 26.4 Å². The van der Waals surface area contributed by atoms with Gasteiger partial charge in [-0.15, -0.1) is 0 Å². The summed E-state index contributed by atoms with van der Waals surface area (Å²) >= 11 is 0. The number of nitrogens with zero attached hydrogens (tertiary/aromatic N) is 3. The molecule has 0 unspecified atom stereocenters. The fourth-order valence-electron chi connectivity index (χ4n) is 3.19. The van der Waals surface area contributed by atoms with E-state index in [9.17, 15) is 0 Å². The molecule has 148 valence electrons. The first kappa shape index (κ1) is 20.0. The van der Waals surface area contributed by atoms with Gasteiger partial charge in [0.15, 0.2) is 5.82 Å². The molecule has 3 rings (SSSR count). The molecular weight excluding hydrogens is 352 g/mol. The highest BCUT2D eigenvalue weighted by Gasteiger charge is 2.12. The Balaban J connectivity index is 1.91. The minimum atomic E-state index is 0.415. The van der Waals surface area contributed by atoms with Crippen molar-refractivity contribution in [1.29, 1.82) is 0 Å². The number of amidine groups is 1. The number of aromatic nitrogens is 2. The predicted octanol–water partition coefficient (Wildman–Crippen LogP) is 3.90. The van der Waals surface area contributed by atoms with Crippen LogP contribution in [0.15, 0.2) is 47.7 Å². The van der Waals surface area contributed by atoms with E-state index in [1.54, 1.807) is 13.3 Å². The number of benzene rings is 1. The van der Waals surface area contributed by atoms with Crippen molar-refractivity contribution in [3.63, 3.8) is 0 Å². The molecule has 28 heavy (non-hydrogen) atoms. The Hall–Kier alpha value is -2.70. The van der Waals surface area contributed by atoms with E-state index in [1.807, 2.05) is 18.2 Å². The molecule has 0 saturated heterocycles. The third-order valence-corrected chi connectivity index (χ3v) is 4.72. The number of nitrogens with two attached hydrogens (primary N) is 1. The van der Waals surface area contributed by atoms with Crippen LogP contribution in [0.5, 0.6) is 0 Å². The molecule has 0 spiro atoms. The third-order valence-electron chi connectivity index (χ3n) is 4.72. The molecule has 0 aliphatic carbocycles. The van der Waals surface area contributed by atoms with E-state index in [0.717, 1.165) is 11.1 Å². The van der Waals surface area contributed by atoms with Crippen LogP contribution in [0.3, 0.4) is 0 Å². The summed E-state index contributed by atoms with van der Waals surface area (Å²) in [4.78, 5) is 8.95. The van der Waals surface area contributed by atoms with Gasteiger partial charge in [-0.2, -0.15) is 0 Å². The van der Waals surface area contributed by atoms with Crippen molar-refractivity contribution in [3.05, 3.63) is 59.4 Å². The van der Waals surface area contributed by atoms with Crippen LogP contribution in [0.4, 0.5) is 5.82 Å². The van der Waals surface area contributed by atoms with E-state index in [4.69, 9.17) is 15.2 Å². The van der Waals surface area contributed by atoms with Crippen LogP contribution in [0.2, 0.25) is 0 Å². The van der Waals surface area contributed by atoms with Gasteiger partial charge in [0.2, 0.25) is 0 Å². The van der Waals surface area contributed by atoms with E-state index in [-0.39, 0.29) is 0 Å². The van der Waals surface area contributed by atoms with Gasteiger partial charge in [-0.3, -0.25) is 0 Å². The number of aryl methyl sites for hydroxylation is 1. The van der Waals surface area contributed by atoms with Crippen LogP contribution < -0.4 is 5.73 Å². The summed E-state index contributed by atoms with van der Waals surface area (Å²) < 4.78 is 12.8. The van der Waals surface area contributed by atoms with Gasteiger partial charge in [0, 0.05) is 48.6 Å². The fraction of sp³-hybridized carbons (Fsp3) is 0.364. The van der Waals surface area contributed by atoms with Crippen LogP contribution in [-0.4, -0.2) is 35.7 Å². The van der Waals surface area contributed by atoms with Gasteiger partial charge in [0.25, 0.3) is 0 Å². The Kier molecular flexibility index (Phi) is 6.44. The number of methoxy groups -OCH3 is 1. The van der Waals surface area contributed by atoms with Gasteiger partial charge in [-0.25, -0.2) is 9.98 Å². The van der Waals surface area contributed by atoms with Crippen molar-refractivity contribution in [2.24, 2.45) is 17.8 Å². The molecule has 6 nitrogen and oxygen atoms in total. The highest BCUT2D eigenvalue weighted by atomic mass is 16.5. The topological polar surface area (TPSA) is 74.7 Å². The zero-order valence-electron chi connectivity index (χ0n) is 17.0. The zero-order valence-corrected chi connectivity index (χ0v) is 17.0. The van der Waals surface area contributed by atoms with Gasteiger partial charge in [-0.1, -0.05) is 19.9 Å². The van der Waals surface area contributed by atoms with Crippen LogP contribution in [0.25, 0.3) is 10.9 Å². The van der Waals surface area contributed by atoms with E-state index in [2.05, 4.69) is 53.8 Å². The van der Waals surface area contributed by atoms with Crippen LogP contribution >= 0.6 is 0 Å². The molecule has 0 amide bonds. The summed E-state index contributed by atoms with van der Waals surface area (Å²) in [7, 11) is 3.72. The van der Waals surface area contributed by atoms with Gasteiger partial charge in [-0.05, 0) is 35.7 Å². The monoisotopic (exact) mass is 380 g/mol. The number of fused-ring (bicyclic) bond motifs is 1. The molecule has 6 heteroatoms. The van der Waals surface area contributed by atoms with Crippen molar-refractivity contribution in [2.75, 3.05) is 20.3 Å². The minimum Gasteiger partial charge on any atom is -0.383 e. The molecule has 3 aromatic rings. The number of hydrogen-bond donors (Lipinski definition) is 1. The maximum atomic E-state index is 6.34. The Morgan fingerprint density at radius 2 is 2.07 bits per heavy atom. The van der Waals surface area contributed by atoms with E-state index in [0.29, 0.717) is 37.4 Å². The molecule has 0 fully saturated rings. The normalized spacial score (nSPS) is 12.2. The van der Waals surface area contributed by atoms with E-state index in [1.165, 1.54) is 16.5 Å². The summed E-state index contributed by atoms with van der Waals surface area (Å²) in [6, 6.07) is 10.0. The van der Waals surface area contributed by atoms with Crippen LogP contribution in [-0.2, 0) is 23.1 Å². The van der Waals surface area contributed by atoms with Gasteiger partial charge >= 0.3 is 0 Å². The largest absolute Gasteiger partial charge is 0.383 e. The highest BCUT2D eigenvalue weighted by Crippen LogP contribution is 2.28. The number of hydrogen-bond acceptors (Lipinski definition) is 4. The second-order valence-corrected chi connectivity index (χ2v) is 7.11. The van der Waals surface area contributed by atoms with Gasteiger partial charge in [0.05, 0.1) is 19.8 Å². The Morgan fingerprint density at radius 1 is 1.25 bits per heavy atom. The molecule has 0 atom stereocenters. The maximum Gasteiger partial charge on any atom is 0.159 e. The Morgan fingerprint density at radius 3 is 2.82 bits per heavy atom. The molecule has 0 bridgehead atoms. The second-order valence-electron chi connectivity index (χ2n) is 7.11. The lowest BCUT2D eigenvalue weighted by Gasteiger charge is -2.08. The Bertz CT molecular complexity index is 976. The lowest BCUT2D eigenvalue weighted by Crippen LogP contribution is -2.13. The summed E-state index contributed by atoms with van der Waals surface area (Å²) in [5, 5.41) is 1.21. The third kappa shape index (κ3) is 4.40. The Labute approximate surface area is 166 Å². The molecular formula is C22H28N4O2. The molecule has 2 aromatic heterocycles. The smallest absolute Gasteiger partial charge is 0.159 e. The zero-order chi connectivity index (χ0) is 20.1. The van der Waals surface area contributed by atoms with Crippen molar-refractivity contribution in [3.8, 4) is 0 Å². The number of ether oxygens (including phenoxy) is 2. The fourth-order valence-corrected chi connectivity index (χ4v) is 3.19. The molecule has 1 aromatic carbocycles. The van der Waals surface area contributed by atoms with Crippen molar-refractivity contribution in [1.82, 2.24) is 9.55 Å². The lowest BCUT2D eigenvalue weighted by atomic mass is 10.0. The predicted molar refractivity (Wildman–Crippen MR) is 113 cm³/mol. The molecule has 0 radical (unpaired) electrons. The van der Waals surface area contributed by atoms with Gasteiger partial charge in [0.1, 0.15) is 5.84 Å². The summed E-state index contributed by atoms with van der Waals surface area (Å²) in [5.74, 6) is 1.45. The first-order valence-electron chi connectivity index (χ1n) is 9.45.